The minimum absolute atomic E-state index is 0.160. The molecular weight excluding hydrogens is 243 g/mol. The summed E-state index contributed by atoms with van der Waals surface area (Å²) >= 11 is 5.69. The lowest BCUT2D eigenvalue weighted by Gasteiger charge is -2.21. The number of hydrogen-bond donors (Lipinski definition) is 1. The lowest BCUT2D eigenvalue weighted by Crippen LogP contribution is -2.44. The summed E-state index contributed by atoms with van der Waals surface area (Å²) in [6.45, 7) is 3.34. The summed E-state index contributed by atoms with van der Waals surface area (Å²) in [5, 5.41) is 11.7. The van der Waals surface area contributed by atoms with Gasteiger partial charge in [0.1, 0.15) is 11.4 Å². The van der Waals surface area contributed by atoms with Crippen LogP contribution in [0.3, 0.4) is 0 Å². The first-order chi connectivity index (χ1) is 7.91. The molecule has 1 atom stereocenters. The minimum Gasteiger partial charge on any atom is -0.334 e. The summed E-state index contributed by atoms with van der Waals surface area (Å²) in [6.07, 6.45) is 0.428. The highest BCUT2D eigenvalue weighted by Gasteiger charge is 2.25. The van der Waals surface area contributed by atoms with Crippen molar-refractivity contribution < 1.29 is 9.18 Å². The molecule has 1 aromatic carbocycles. The monoisotopic (exact) mass is 254 g/mol. The van der Waals surface area contributed by atoms with Gasteiger partial charge in [-0.25, -0.2) is 4.39 Å². The van der Waals surface area contributed by atoms with Gasteiger partial charge in [0, 0.05) is 5.02 Å². The quantitative estimate of drug-likeness (QED) is 0.902. The van der Waals surface area contributed by atoms with E-state index in [1.54, 1.807) is 13.8 Å². The molecule has 1 unspecified atom stereocenters. The van der Waals surface area contributed by atoms with E-state index in [1.807, 2.05) is 6.07 Å². The molecule has 17 heavy (non-hydrogen) atoms. The predicted octanol–water partition coefficient (Wildman–Crippen LogP) is 2.90. The van der Waals surface area contributed by atoms with Crippen molar-refractivity contribution in [1.29, 1.82) is 5.26 Å². The van der Waals surface area contributed by atoms with Crippen molar-refractivity contribution in [2.24, 2.45) is 0 Å². The zero-order chi connectivity index (χ0) is 13.1. The molecule has 1 amide bonds. The topological polar surface area (TPSA) is 52.9 Å². The Bertz CT molecular complexity index is 484. The molecule has 1 N–H and O–H groups in total. The van der Waals surface area contributed by atoms with E-state index in [-0.39, 0.29) is 10.6 Å². The minimum atomic E-state index is -1.01. The number of amides is 1. The normalized spacial score (nSPS) is 13.6. The molecular formula is C12H12ClFN2O. The zero-order valence-electron chi connectivity index (χ0n) is 9.55. The van der Waals surface area contributed by atoms with Crippen LogP contribution in [0, 0.1) is 17.1 Å². The molecule has 5 heteroatoms. The first-order valence-corrected chi connectivity index (χ1v) is 5.48. The number of nitrogens with one attached hydrogen (secondary N) is 1. The maximum absolute atomic E-state index is 13.4. The van der Waals surface area contributed by atoms with Crippen LogP contribution in [0.2, 0.25) is 5.02 Å². The SMILES string of the molecule is CCC(C)(C#N)NC(=O)c1cc(Cl)ccc1F. The second kappa shape index (κ2) is 5.15. The molecule has 0 spiro atoms. The van der Waals surface area contributed by atoms with Gasteiger partial charge in [-0.2, -0.15) is 5.26 Å². The van der Waals surface area contributed by atoms with Crippen LogP contribution in [0.1, 0.15) is 30.6 Å². The Morgan fingerprint density at radius 1 is 1.65 bits per heavy atom. The smallest absolute Gasteiger partial charge is 0.255 e. The Labute approximate surface area is 104 Å². The Morgan fingerprint density at radius 2 is 2.29 bits per heavy atom. The standard InChI is InChI=1S/C12H12ClFN2O/c1-3-12(2,7-15)16-11(17)9-6-8(13)4-5-10(9)14/h4-6H,3H2,1-2H3,(H,16,17). The largest absolute Gasteiger partial charge is 0.334 e. The number of nitrogens with zero attached hydrogens (tertiary/aromatic N) is 1. The van der Waals surface area contributed by atoms with E-state index in [2.05, 4.69) is 5.32 Å². The number of hydrogen-bond acceptors (Lipinski definition) is 2. The number of carbonyl (C=O) groups is 1. The average molecular weight is 255 g/mol. The molecule has 0 aliphatic rings. The molecule has 3 nitrogen and oxygen atoms in total. The number of carbonyl (C=O) groups excluding carboxylic acids is 1. The molecule has 0 bridgehead atoms. The van der Waals surface area contributed by atoms with Crippen molar-refractivity contribution in [3.63, 3.8) is 0 Å². The van der Waals surface area contributed by atoms with Gasteiger partial charge in [-0.1, -0.05) is 18.5 Å². The van der Waals surface area contributed by atoms with Gasteiger partial charge in [0.25, 0.3) is 5.91 Å². The maximum Gasteiger partial charge on any atom is 0.255 e. The average Bonchev–Trinajstić information content (AvgIpc) is 2.32. The van der Waals surface area contributed by atoms with Crippen LogP contribution in [0.5, 0.6) is 0 Å². The van der Waals surface area contributed by atoms with Gasteiger partial charge < -0.3 is 5.32 Å². The molecule has 0 fully saturated rings. The molecule has 0 saturated heterocycles. The summed E-state index contributed by atoms with van der Waals surface area (Å²) < 4.78 is 13.4. The van der Waals surface area contributed by atoms with Crippen LogP contribution in [-0.4, -0.2) is 11.4 Å². The highest BCUT2D eigenvalue weighted by atomic mass is 35.5. The Morgan fingerprint density at radius 3 is 2.82 bits per heavy atom. The molecule has 0 aliphatic heterocycles. The van der Waals surface area contributed by atoms with Crippen LogP contribution in [0.4, 0.5) is 4.39 Å². The van der Waals surface area contributed by atoms with Crippen LogP contribution in [0.25, 0.3) is 0 Å². The van der Waals surface area contributed by atoms with Crippen molar-refractivity contribution in [1.82, 2.24) is 5.32 Å². The highest BCUT2D eigenvalue weighted by Crippen LogP contribution is 2.16. The summed E-state index contributed by atoms with van der Waals surface area (Å²) in [6, 6.07) is 5.69. The van der Waals surface area contributed by atoms with Crippen LogP contribution in [-0.2, 0) is 0 Å². The van der Waals surface area contributed by atoms with Crippen LogP contribution < -0.4 is 5.32 Å². The fourth-order valence-electron chi connectivity index (χ4n) is 1.18. The van der Waals surface area contributed by atoms with Crippen molar-refractivity contribution in [2.75, 3.05) is 0 Å². The molecule has 0 aliphatic carbocycles. The summed E-state index contributed by atoms with van der Waals surface area (Å²) in [7, 11) is 0. The van der Waals surface area contributed by atoms with Crippen LogP contribution in [0.15, 0.2) is 18.2 Å². The second-order valence-electron chi connectivity index (χ2n) is 3.88. The summed E-state index contributed by atoms with van der Waals surface area (Å²) in [4.78, 5) is 11.8. The Balaban J connectivity index is 2.99. The van der Waals surface area contributed by atoms with Crippen molar-refractivity contribution in [2.45, 2.75) is 25.8 Å². The van der Waals surface area contributed by atoms with E-state index in [0.717, 1.165) is 6.07 Å². The molecule has 0 heterocycles. The molecule has 1 aromatic rings. The summed E-state index contributed by atoms with van der Waals surface area (Å²) in [5.41, 5.74) is -1.17. The Hall–Kier alpha value is -1.60. The third kappa shape index (κ3) is 3.18. The molecule has 0 radical (unpaired) electrons. The molecule has 0 aromatic heterocycles. The van der Waals surface area contributed by atoms with Gasteiger partial charge in [-0.3, -0.25) is 4.79 Å². The lowest BCUT2D eigenvalue weighted by molar-refractivity contribution is 0.0919. The number of benzene rings is 1. The van der Waals surface area contributed by atoms with Gasteiger partial charge in [-0.15, -0.1) is 0 Å². The first-order valence-electron chi connectivity index (χ1n) is 5.10. The van der Waals surface area contributed by atoms with Gasteiger partial charge in [-0.05, 0) is 31.5 Å². The lowest BCUT2D eigenvalue weighted by atomic mass is 10.0. The number of nitriles is 1. The third-order valence-corrected chi connectivity index (χ3v) is 2.75. The van der Waals surface area contributed by atoms with Gasteiger partial charge in [0.15, 0.2) is 0 Å². The van der Waals surface area contributed by atoms with Crippen molar-refractivity contribution >= 4 is 17.5 Å². The number of halogens is 2. The second-order valence-corrected chi connectivity index (χ2v) is 4.31. The van der Waals surface area contributed by atoms with E-state index in [1.165, 1.54) is 12.1 Å². The van der Waals surface area contributed by atoms with Gasteiger partial charge >= 0.3 is 0 Å². The fourth-order valence-corrected chi connectivity index (χ4v) is 1.36. The van der Waals surface area contributed by atoms with E-state index in [4.69, 9.17) is 16.9 Å². The zero-order valence-corrected chi connectivity index (χ0v) is 10.3. The van der Waals surface area contributed by atoms with E-state index < -0.39 is 17.3 Å². The van der Waals surface area contributed by atoms with Crippen LogP contribution >= 0.6 is 11.6 Å². The highest BCUT2D eigenvalue weighted by molar-refractivity contribution is 6.31. The van der Waals surface area contributed by atoms with E-state index in [9.17, 15) is 9.18 Å². The first kappa shape index (κ1) is 13.5. The third-order valence-electron chi connectivity index (χ3n) is 2.52. The maximum atomic E-state index is 13.4. The van der Waals surface area contributed by atoms with E-state index in [0.29, 0.717) is 6.42 Å². The molecule has 90 valence electrons. The molecule has 1 rings (SSSR count). The van der Waals surface area contributed by atoms with Crippen molar-refractivity contribution in [3.05, 3.63) is 34.6 Å². The van der Waals surface area contributed by atoms with Gasteiger partial charge in [0.2, 0.25) is 0 Å². The predicted molar refractivity (Wildman–Crippen MR) is 63.2 cm³/mol. The fraction of sp³-hybridized carbons (Fsp3) is 0.333. The van der Waals surface area contributed by atoms with Gasteiger partial charge in [0.05, 0.1) is 11.6 Å². The van der Waals surface area contributed by atoms with Crippen molar-refractivity contribution in [3.8, 4) is 6.07 Å². The van der Waals surface area contributed by atoms with E-state index >= 15 is 0 Å². The Kier molecular flexibility index (Phi) is 4.08. The number of rotatable bonds is 3. The molecule has 0 saturated carbocycles. The summed E-state index contributed by atoms with van der Waals surface area (Å²) in [5.74, 6) is -1.31.